The molecular formula is C15H16FNO2S. The number of sulfonamides is 1. The van der Waals surface area contributed by atoms with E-state index >= 15 is 0 Å². The van der Waals surface area contributed by atoms with Crippen molar-refractivity contribution in [2.24, 2.45) is 0 Å². The summed E-state index contributed by atoms with van der Waals surface area (Å²) < 4.78 is 40.3. The minimum absolute atomic E-state index is 0.0531. The van der Waals surface area contributed by atoms with E-state index in [1.54, 1.807) is 6.07 Å². The third kappa shape index (κ3) is 2.99. The van der Waals surface area contributed by atoms with Crippen LogP contribution in [0.4, 0.5) is 10.1 Å². The Kier molecular flexibility index (Phi) is 3.81. The molecule has 5 heteroatoms. The monoisotopic (exact) mass is 293 g/mol. The van der Waals surface area contributed by atoms with Gasteiger partial charge in [0.2, 0.25) is 0 Å². The summed E-state index contributed by atoms with van der Waals surface area (Å²) in [4.78, 5) is 0.0531. The molecule has 3 nitrogen and oxygen atoms in total. The van der Waals surface area contributed by atoms with Crippen molar-refractivity contribution in [2.75, 3.05) is 4.72 Å². The van der Waals surface area contributed by atoms with E-state index in [2.05, 4.69) is 4.72 Å². The summed E-state index contributed by atoms with van der Waals surface area (Å²) in [5.74, 6) is -0.421. The molecule has 1 N–H and O–H groups in total. The maximum Gasteiger partial charge on any atom is 0.261 e. The lowest BCUT2D eigenvalue weighted by molar-refractivity contribution is 0.598. The Bertz CT molecular complexity index is 754. The van der Waals surface area contributed by atoms with Crippen molar-refractivity contribution in [3.05, 3.63) is 58.9 Å². The highest BCUT2D eigenvalue weighted by atomic mass is 32.2. The Morgan fingerprint density at radius 2 is 1.65 bits per heavy atom. The lowest BCUT2D eigenvalue weighted by Gasteiger charge is -2.12. The number of aryl methyl sites for hydroxylation is 3. The van der Waals surface area contributed by atoms with Crippen molar-refractivity contribution in [3.8, 4) is 0 Å². The van der Waals surface area contributed by atoms with Crippen LogP contribution in [0.2, 0.25) is 0 Å². The lowest BCUT2D eigenvalue weighted by Crippen LogP contribution is -2.14. The first-order valence-electron chi connectivity index (χ1n) is 6.16. The summed E-state index contributed by atoms with van der Waals surface area (Å²) in [5.41, 5.74) is 2.63. The van der Waals surface area contributed by atoms with Crippen LogP contribution in [0.1, 0.15) is 16.7 Å². The molecule has 106 valence electrons. The van der Waals surface area contributed by atoms with Gasteiger partial charge in [-0.1, -0.05) is 12.1 Å². The highest BCUT2D eigenvalue weighted by Gasteiger charge is 2.16. The minimum atomic E-state index is -3.71. The molecular weight excluding hydrogens is 277 g/mol. The number of benzene rings is 2. The second kappa shape index (κ2) is 5.25. The van der Waals surface area contributed by atoms with Crippen molar-refractivity contribution in [2.45, 2.75) is 25.7 Å². The van der Waals surface area contributed by atoms with Gasteiger partial charge in [-0.05, 0) is 61.7 Å². The predicted octanol–water partition coefficient (Wildman–Crippen LogP) is 3.55. The molecule has 20 heavy (non-hydrogen) atoms. The standard InChI is InChI=1S/C15H16FNO2S/c1-10-4-5-11(2)15(8-10)17-20(18,19)13-6-7-14(16)12(3)9-13/h4-9,17H,1-3H3. The fourth-order valence-electron chi connectivity index (χ4n) is 1.83. The molecule has 0 aliphatic rings. The molecule has 0 atom stereocenters. The van der Waals surface area contributed by atoms with Crippen LogP contribution in [0.3, 0.4) is 0 Å². The molecule has 2 rings (SSSR count). The van der Waals surface area contributed by atoms with Gasteiger partial charge < -0.3 is 0 Å². The predicted molar refractivity (Wildman–Crippen MR) is 77.9 cm³/mol. The van der Waals surface area contributed by atoms with Crippen molar-refractivity contribution in [1.29, 1.82) is 0 Å². The van der Waals surface area contributed by atoms with Crippen LogP contribution >= 0.6 is 0 Å². The number of hydrogen-bond acceptors (Lipinski definition) is 2. The van der Waals surface area contributed by atoms with Crippen LogP contribution in [0, 0.1) is 26.6 Å². The zero-order chi connectivity index (χ0) is 14.9. The van der Waals surface area contributed by atoms with E-state index in [1.165, 1.54) is 19.1 Å². The molecule has 0 aliphatic heterocycles. The summed E-state index contributed by atoms with van der Waals surface area (Å²) in [5, 5.41) is 0. The normalized spacial score (nSPS) is 11.4. The third-order valence-electron chi connectivity index (χ3n) is 3.08. The Morgan fingerprint density at radius 1 is 0.950 bits per heavy atom. The van der Waals surface area contributed by atoms with Gasteiger partial charge in [-0.3, -0.25) is 4.72 Å². The van der Waals surface area contributed by atoms with Crippen molar-refractivity contribution >= 4 is 15.7 Å². The second-order valence-electron chi connectivity index (χ2n) is 4.83. The smallest absolute Gasteiger partial charge is 0.261 e. The first-order valence-corrected chi connectivity index (χ1v) is 7.64. The van der Waals surface area contributed by atoms with Crippen molar-refractivity contribution in [3.63, 3.8) is 0 Å². The number of rotatable bonds is 3. The molecule has 0 radical (unpaired) electrons. The molecule has 2 aromatic rings. The van der Waals surface area contributed by atoms with Gasteiger partial charge in [-0.2, -0.15) is 0 Å². The minimum Gasteiger partial charge on any atom is -0.279 e. The summed E-state index contributed by atoms with van der Waals surface area (Å²) >= 11 is 0. The van der Waals surface area contributed by atoms with Gasteiger partial charge in [0.05, 0.1) is 10.6 Å². The van der Waals surface area contributed by atoms with E-state index in [1.807, 2.05) is 26.0 Å². The number of nitrogens with one attached hydrogen (secondary N) is 1. The van der Waals surface area contributed by atoms with E-state index in [-0.39, 0.29) is 4.90 Å². The molecule has 0 saturated heterocycles. The molecule has 2 aromatic carbocycles. The van der Waals surface area contributed by atoms with Crippen LogP contribution < -0.4 is 4.72 Å². The fraction of sp³-hybridized carbons (Fsp3) is 0.200. The number of hydrogen-bond donors (Lipinski definition) is 1. The first kappa shape index (κ1) is 14.5. The van der Waals surface area contributed by atoms with Gasteiger partial charge in [0, 0.05) is 0 Å². The Balaban J connectivity index is 2.40. The van der Waals surface area contributed by atoms with Gasteiger partial charge in [0.25, 0.3) is 10.0 Å². The van der Waals surface area contributed by atoms with Crippen molar-refractivity contribution < 1.29 is 12.8 Å². The summed E-state index contributed by atoms with van der Waals surface area (Å²) in [6.07, 6.45) is 0. The topological polar surface area (TPSA) is 46.2 Å². The lowest BCUT2D eigenvalue weighted by atomic mass is 10.1. The van der Waals surface area contributed by atoms with E-state index in [9.17, 15) is 12.8 Å². The van der Waals surface area contributed by atoms with E-state index < -0.39 is 15.8 Å². The first-order chi connectivity index (χ1) is 9.29. The quantitative estimate of drug-likeness (QED) is 0.940. The molecule has 0 fully saturated rings. The Hall–Kier alpha value is -1.88. The van der Waals surface area contributed by atoms with Crippen molar-refractivity contribution in [1.82, 2.24) is 0 Å². The largest absolute Gasteiger partial charge is 0.279 e. The van der Waals surface area contributed by atoms with Crippen LogP contribution in [0.15, 0.2) is 41.3 Å². The molecule has 0 aromatic heterocycles. The van der Waals surface area contributed by atoms with E-state index in [0.29, 0.717) is 11.3 Å². The molecule has 0 heterocycles. The highest BCUT2D eigenvalue weighted by Crippen LogP contribution is 2.22. The average molecular weight is 293 g/mol. The zero-order valence-corrected chi connectivity index (χ0v) is 12.4. The molecule has 0 saturated carbocycles. The molecule has 0 bridgehead atoms. The van der Waals surface area contributed by atoms with Gasteiger partial charge in [0.15, 0.2) is 0 Å². The van der Waals surface area contributed by atoms with E-state index in [4.69, 9.17) is 0 Å². The highest BCUT2D eigenvalue weighted by molar-refractivity contribution is 7.92. The summed E-state index contributed by atoms with van der Waals surface area (Å²) in [6, 6.07) is 9.27. The number of anilines is 1. The van der Waals surface area contributed by atoms with Crippen LogP contribution in [-0.2, 0) is 10.0 Å². The maximum absolute atomic E-state index is 13.2. The summed E-state index contributed by atoms with van der Waals surface area (Å²) in [7, 11) is -3.71. The van der Waals surface area contributed by atoms with E-state index in [0.717, 1.165) is 17.2 Å². The molecule has 0 unspecified atom stereocenters. The molecule has 0 spiro atoms. The summed E-state index contributed by atoms with van der Waals surface area (Å²) in [6.45, 7) is 5.25. The Labute approximate surface area is 118 Å². The average Bonchev–Trinajstić information content (AvgIpc) is 2.36. The maximum atomic E-state index is 13.2. The van der Waals surface area contributed by atoms with Crippen LogP contribution in [0.5, 0.6) is 0 Å². The van der Waals surface area contributed by atoms with Gasteiger partial charge in [-0.25, -0.2) is 12.8 Å². The number of halogens is 1. The zero-order valence-electron chi connectivity index (χ0n) is 11.6. The molecule has 0 amide bonds. The Morgan fingerprint density at radius 3 is 2.30 bits per heavy atom. The van der Waals surface area contributed by atoms with Gasteiger partial charge in [-0.15, -0.1) is 0 Å². The second-order valence-corrected chi connectivity index (χ2v) is 6.52. The SMILES string of the molecule is Cc1ccc(C)c(NS(=O)(=O)c2ccc(F)c(C)c2)c1. The molecule has 0 aliphatic carbocycles. The van der Waals surface area contributed by atoms with Crippen LogP contribution in [-0.4, -0.2) is 8.42 Å². The van der Waals surface area contributed by atoms with Crippen LogP contribution in [0.25, 0.3) is 0 Å². The third-order valence-corrected chi connectivity index (χ3v) is 4.44. The van der Waals surface area contributed by atoms with Gasteiger partial charge >= 0.3 is 0 Å². The van der Waals surface area contributed by atoms with Gasteiger partial charge in [0.1, 0.15) is 5.82 Å². The fourth-order valence-corrected chi connectivity index (χ4v) is 3.04.